The van der Waals surface area contributed by atoms with Crippen molar-refractivity contribution in [3.05, 3.63) is 47.7 Å². The first-order chi connectivity index (χ1) is 12.1. The number of benzene rings is 1. The minimum absolute atomic E-state index is 0.146. The summed E-state index contributed by atoms with van der Waals surface area (Å²) in [7, 11) is 0. The highest BCUT2D eigenvalue weighted by atomic mass is 32.2. The number of hydrogen-bond acceptors (Lipinski definition) is 7. The lowest BCUT2D eigenvalue weighted by atomic mass is 10.1. The van der Waals surface area contributed by atoms with Crippen LogP contribution >= 0.6 is 24.0 Å². The topological polar surface area (TPSA) is 72.1 Å². The molecule has 1 fully saturated rings. The fraction of sp³-hybridized carbons (Fsp3) is 0.176. The van der Waals surface area contributed by atoms with Crippen LogP contribution in [0.5, 0.6) is 0 Å². The van der Waals surface area contributed by atoms with Gasteiger partial charge in [-0.15, -0.1) is 0 Å². The van der Waals surface area contributed by atoms with Crippen molar-refractivity contribution in [2.75, 3.05) is 12.4 Å². The predicted molar refractivity (Wildman–Crippen MR) is 99.6 cm³/mol. The molecule has 2 heterocycles. The zero-order valence-electron chi connectivity index (χ0n) is 13.3. The van der Waals surface area contributed by atoms with Crippen LogP contribution in [0.3, 0.4) is 0 Å². The fourth-order valence-corrected chi connectivity index (χ4v) is 3.10. The second kappa shape index (κ2) is 7.62. The Balaban J connectivity index is 1.72. The summed E-state index contributed by atoms with van der Waals surface area (Å²) in [6, 6.07) is 10.5. The van der Waals surface area contributed by atoms with Gasteiger partial charge >= 0.3 is 5.97 Å². The second-order valence-corrected chi connectivity index (χ2v) is 6.61. The highest BCUT2D eigenvalue weighted by Gasteiger charge is 2.26. The van der Waals surface area contributed by atoms with E-state index in [0.717, 1.165) is 5.56 Å². The summed E-state index contributed by atoms with van der Waals surface area (Å²) in [5, 5.41) is 5.25. The number of carbonyl (C=O) groups is 2. The number of amides is 1. The molecule has 1 aliphatic rings. The van der Waals surface area contributed by atoms with Crippen LogP contribution < -0.4 is 0 Å². The molecular weight excluding hydrogens is 360 g/mol. The first kappa shape index (κ1) is 17.4. The van der Waals surface area contributed by atoms with E-state index >= 15 is 0 Å². The van der Waals surface area contributed by atoms with E-state index in [4.69, 9.17) is 21.4 Å². The number of rotatable bonds is 5. The van der Waals surface area contributed by atoms with E-state index in [1.165, 1.54) is 23.0 Å². The monoisotopic (exact) mass is 374 g/mol. The van der Waals surface area contributed by atoms with Gasteiger partial charge in [0.05, 0.1) is 24.1 Å². The van der Waals surface area contributed by atoms with Crippen LogP contribution in [0.2, 0.25) is 0 Å². The molecule has 0 unspecified atom stereocenters. The maximum atomic E-state index is 11.7. The Kier molecular flexibility index (Phi) is 5.30. The summed E-state index contributed by atoms with van der Waals surface area (Å²) in [4.78, 5) is 23.3. The van der Waals surface area contributed by atoms with Crippen molar-refractivity contribution in [1.82, 2.24) is 5.01 Å². The molecule has 1 aromatic heterocycles. The van der Waals surface area contributed by atoms with Gasteiger partial charge in [-0.2, -0.15) is 10.1 Å². The van der Waals surface area contributed by atoms with Crippen LogP contribution in [-0.2, 0) is 9.53 Å². The van der Waals surface area contributed by atoms with Crippen LogP contribution in [0.1, 0.15) is 23.0 Å². The number of furan rings is 1. The van der Waals surface area contributed by atoms with Gasteiger partial charge in [-0.25, -0.2) is 4.79 Å². The minimum Gasteiger partial charge on any atom is -0.462 e. The van der Waals surface area contributed by atoms with Gasteiger partial charge in [0, 0.05) is 5.56 Å². The first-order valence-electron chi connectivity index (χ1n) is 7.49. The summed E-state index contributed by atoms with van der Waals surface area (Å²) in [5.41, 5.74) is 1.30. The summed E-state index contributed by atoms with van der Waals surface area (Å²) in [5.74, 6) is 0.934. The quantitative estimate of drug-likeness (QED) is 0.454. The Morgan fingerprint density at radius 1 is 1.36 bits per heavy atom. The number of thiocarbonyl (C=S) groups is 1. The highest BCUT2D eigenvalue weighted by Crippen LogP contribution is 2.23. The van der Waals surface area contributed by atoms with Crippen molar-refractivity contribution >= 4 is 46.4 Å². The molecular formula is C17H14N2O4S2. The number of ether oxygens (including phenoxy) is 1. The Bertz CT molecular complexity index is 827. The second-order valence-electron chi connectivity index (χ2n) is 5.00. The molecule has 0 spiro atoms. The Morgan fingerprint density at radius 2 is 2.12 bits per heavy atom. The molecule has 1 aromatic carbocycles. The molecule has 0 bridgehead atoms. The number of carbonyl (C=O) groups excluding carboxylic acids is 2. The number of nitrogens with zero attached hydrogens (tertiary/aromatic N) is 2. The van der Waals surface area contributed by atoms with Gasteiger partial charge in [0.25, 0.3) is 5.91 Å². The maximum absolute atomic E-state index is 11.7. The molecule has 25 heavy (non-hydrogen) atoms. The maximum Gasteiger partial charge on any atom is 0.338 e. The zero-order valence-corrected chi connectivity index (χ0v) is 14.9. The van der Waals surface area contributed by atoms with Crippen LogP contribution in [0, 0.1) is 0 Å². The molecule has 1 aliphatic heterocycles. The summed E-state index contributed by atoms with van der Waals surface area (Å²) < 4.78 is 11.1. The average Bonchev–Trinajstić information content (AvgIpc) is 3.21. The van der Waals surface area contributed by atoms with Crippen molar-refractivity contribution in [2.45, 2.75) is 6.92 Å². The Labute approximate surface area is 153 Å². The number of hydrogen-bond donors (Lipinski definition) is 0. The van der Waals surface area contributed by atoms with Crippen LogP contribution in [0.4, 0.5) is 0 Å². The summed E-state index contributed by atoms with van der Waals surface area (Å²) >= 11 is 6.34. The van der Waals surface area contributed by atoms with E-state index in [9.17, 15) is 9.59 Å². The van der Waals surface area contributed by atoms with E-state index < -0.39 is 0 Å². The minimum atomic E-state index is -0.356. The van der Waals surface area contributed by atoms with Gasteiger partial charge in [0.1, 0.15) is 11.5 Å². The molecule has 2 aromatic rings. The molecule has 8 heteroatoms. The number of esters is 1. The Hall–Kier alpha value is -2.45. The van der Waals surface area contributed by atoms with E-state index in [1.54, 1.807) is 43.3 Å². The van der Waals surface area contributed by atoms with Gasteiger partial charge in [-0.3, -0.25) is 4.79 Å². The van der Waals surface area contributed by atoms with Crippen LogP contribution in [-0.4, -0.2) is 39.8 Å². The van der Waals surface area contributed by atoms with Gasteiger partial charge in [0.2, 0.25) is 0 Å². The van der Waals surface area contributed by atoms with E-state index in [1.807, 2.05) is 0 Å². The molecule has 1 saturated heterocycles. The lowest BCUT2D eigenvalue weighted by Gasteiger charge is -2.05. The normalized spacial score (nSPS) is 14.5. The predicted octanol–water partition coefficient (Wildman–Crippen LogP) is 3.32. The fourth-order valence-electron chi connectivity index (χ4n) is 2.14. The lowest BCUT2D eigenvalue weighted by molar-refractivity contribution is -0.124. The van der Waals surface area contributed by atoms with Crippen molar-refractivity contribution in [3.8, 4) is 11.3 Å². The van der Waals surface area contributed by atoms with E-state index in [-0.39, 0.29) is 11.9 Å². The van der Waals surface area contributed by atoms with Gasteiger partial charge < -0.3 is 9.15 Å². The standard InChI is InChI=1S/C17H14N2O4S2/c1-2-22-16(21)12-5-3-11(4-6-12)14-8-7-13(23-14)9-18-19-15(20)10-25-17(19)24/h3-9H,2,10H2,1H3. The molecule has 1 amide bonds. The highest BCUT2D eigenvalue weighted by molar-refractivity contribution is 8.23. The zero-order chi connectivity index (χ0) is 17.8. The van der Waals surface area contributed by atoms with Crippen LogP contribution in [0.25, 0.3) is 11.3 Å². The van der Waals surface area contributed by atoms with Crippen molar-refractivity contribution < 1.29 is 18.7 Å². The molecule has 0 radical (unpaired) electrons. The molecule has 3 rings (SSSR count). The third kappa shape index (κ3) is 3.97. The summed E-state index contributed by atoms with van der Waals surface area (Å²) in [6.07, 6.45) is 1.45. The number of thioether (sulfide) groups is 1. The molecule has 6 nitrogen and oxygen atoms in total. The summed E-state index contributed by atoms with van der Waals surface area (Å²) in [6.45, 7) is 2.10. The average molecular weight is 374 g/mol. The van der Waals surface area contributed by atoms with Gasteiger partial charge in [-0.1, -0.05) is 36.1 Å². The lowest BCUT2D eigenvalue weighted by Crippen LogP contribution is -2.22. The third-order valence-electron chi connectivity index (χ3n) is 3.34. The van der Waals surface area contributed by atoms with Crippen molar-refractivity contribution in [1.29, 1.82) is 0 Å². The van der Waals surface area contributed by atoms with E-state index in [0.29, 0.717) is 33.8 Å². The van der Waals surface area contributed by atoms with Gasteiger partial charge in [-0.05, 0) is 31.2 Å². The SMILES string of the molecule is CCOC(=O)c1ccc(-c2ccc(C=NN3C(=O)CSC3=S)o2)cc1. The molecule has 128 valence electrons. The van der Waals surface area contributed by atoms with Gasteiger partial charge in [0.15, 0.2) is 4.32 Å². The molecule has 0 N–H and O–H groups in total. The molecule has 0 aliphatic carbocycles. The number of hydrazone groups is 1. The smallest absolute Gasteiger partial charge is 0.338 e. The van der Waals surface area contributed by atoms with Crippen LogP contribution in [0.15, 0.2) is 45.9 Å². The first-order valence-corrected chi connectivity index (χ1v) is 8.89. The molecule has 0 saturated carbocycles. The Morgan fingerprint density at radius 3 is 2.76 bits per heavy atom. The van der Waals surface area contributed by atoms with Crippen molar-refractivity contribution in [3.63, 3.8) is 0 Å². The van der Waals surface area contributed by atoms with E-state index in [2.05, 4.69) is 5.10 Å². The molecule has 0 atom stereocenters. The largest absolute Gasteiger partial charge is 0.462 e. The van der Waals surface area contributed by atoms with Crippen molar-refractivity contribution in [2.24, 2.45) is 5.10 Å². The third-order valence-corrected chi connectivity index (χ3v) is 4.67.